The molecule has 2 rings (SSSR count). The van der Waals surface area contributed by atoms with E-state index in [9.17, 15) is 0 Å². The van der Waals surface area contributed by atoms with Crippen LogP contribution in [0.25, 0.3) is 0 Å². The second kappa shape index (κ2) is 5.29. The summed E-state index contributed by atoms with van der Waals surface area (Å²) >= 11 is 8.65. The van der Waals surface area contributed by atoms with Crippen LogP contribution >= 0.6 is 43.2 Å². The first-order valence-electron chi connectivity index (χ1n) is 4.77. The number of nitrogens with zero attached hydrogens (tertiary/aromatic N) is 1. The first kappa shape index (κ1) is 12.1. The zero-order valence-electron chi connectivity index (χ0n) is 8.58. The third-order valence-electron chi connectivity index (χ3n) is 2.18. The van der Waals surface area contributed by atoms with Gasteiger partial charge in [-0.1, -0.05) is 15.9 Å². The first-order chi connectivity index (χ1) is 7.66. The van der Waals surface area contributed by atoms with Gasteiger partial charge in [0.05, 0.1) is 17.2 Å². The van der Waals surface area contributed by atoms with Crippen LogP contribution in [0.1, 0.15) is 17.8 Å². The molecular formula is C11H10Br2N2S. The van der Waals surface area contributed by atoms with Crippen LogP contribution in [-0.2, 0) is 0 Å². The van der Waals surface area contributed by atoms with Gasteiger partial charge < -0.3 is 5.32 Å². The van der Waals surface area contributed by atoms with E-state index in [2.05, 4.69) is 55.2 Å². The molecule has 2 aromatic rings. The molecule has 0 fully saturated rings. The highest BCUT2D eigenvalue weighted by atomic mass is 79.9. The van der Waals surface area contributed by atoms with Crippen LogP contribution in [0.15, 0.2) is 38.9 Å². The summed E-state index contributed by atoms with van der Waals surface area (Å²) in [6.45, 7) is 2.13. The van der Waals surface area contributed by atoms with Crippen molar-refractivity contribution in [3.05, 3.63) is 43.7 Å². The van der Waals surface area contributed by atoms with Crippen LogP contribution in [0.4, 0.5) is 5.69 Å². The number of hydrogen-bond acceptors (Lipinski definition) is 3. The van der Waals surface area contributed by atoms with Gasteiger partial charge in [-0.15, -0.1) is 11.3 Å². The Morgan fingerprint density at radius 3 is 2.88 bits per heavy atom. The minimum atomic E-state index is 0.262. The molecule has 0 amide bonds. The maximum absolute atomic E-state index is 4.08. The molecule has 0 aliphatic rings. The number of rotatable bonds is 3. The van der Waals surface area contributed by atoms with E-state index in [1.807, 2.05) is 23.8 Å². The van der Waals surface area contributed by atoms with Crippen molar-refractivity contribution in [2.75, 3.05) is 5.32 Å². The summed E-state index contributed by atoms with van der Waals surface area (Å²) in [7, 11) is 0. The second-order valence-corrected chi connectivity index (χ2v) is 6.08. The molecule has 1 heterocycles. The summed E-state index contributed by atoms with van der Waals surface area (Å²) in [4.78, 5) is 5.31. The molecule has 1 aromatic carbocycles. The second-order valence-electron chi connectivity index (χ2n) is 3.39. The molecule has 5 heteroatoms. The Balaban J connectivity index is 2.17. The van der Waals surface area contributed by atoms with Gasteiger partial charge in [0.1, 0.15) is 0 Å². The third kappa shape index (κ3) is 2.84. The molecule has 0 radical (unpaired) electrons. The minimum absolute atomic E-state index is 0.262. The number of thiazole rings is 1. The van der Waals surface area contributed by atoms with Crippen molar-refractivity contribution >= 4 is 48.9 Å². The number of hydrogen-bond donors (Lipinski definition) is 1. The zero-order valence-corrected chi connectivity index (χ0v) is 12.6. The molecule has 0 saturated heterocycles. The van der Waals surface area contributed by atoms with Gasteiger partial charge in [-0.05, 0) is 41.1 Å². The van der Waals surface area contributed by atoms with E-state index in [4.69, 9.17) is 0 Å². The summed E-state index contributed by atoms with van der Waals surface area (Å²) in [5, 5.41) is 3.45. The molecule has 2 nitrogen and oxygen atoms in total. The minimum Gasteiger partial charge on any atom is -0.377 e. The lowest BCUT2D eigenvalue weighted by molar-refractivity contribution is 0.902. The molecule has 0 spiro atoms. The van der Waals surface area contributed by atoms with Crippen molar-refractivity contribution in [3.8, 4) is 0 Å². The zero-order chi connectivity index (χ0) is 11.5. The Kier molecular flexibility index (Phi) is 4.00. The third-order valence-corrected chi connectivity index (χ3v) is 4.32. The van der Waals surface area contributed by atoms with Crippen LogP contribution in [-0.4, -0.2) is 4.98 Å². The predicted molar refractivity (Wildman–Crippen MR) is 76.0 cm³/mol. The molecule has 0 bridgehead atoms. The summed E-state index contributed by atoms with van der Waals surface area (Å²) in [5.41, 5.74) is 2.93. The van der Waals surface area contributed by atoms with Crippen LogP contribution in [0.5, 0.6) is 0 Å². The van der Waals surface area contributed by atoms with Gasteiger partial charge in [0.25, 0.3) is 0 Å². The number of aromatic nitrogens is 1. The predicted octanol–water partition coefficient (Wildman–Crippen LogP) is 4.84. The molecule has 16 heavy (non-hydrogen) atoms. The average Bonchev–Trinajstić information content (AvgIpc) is 2.76. The van der Waals surface area contributed by atoms with Gasteiger partial charge in [0.2, 0.25) is 0 Å². The SMILES string of the molecule is CC(Nc1cc(Br)ccc1Br)c1cncs1. The highest BCUT2D eigenvalue weighted by Crippen LogP contribution is 2.30. The standard InChI is InChI=1S/C11H10Br2N2S/c1-7(11-5-14-6-16-11)15-10-4-8(12)2-3-9(10)13/h2-7,15H,1H3. The van der Waals surface area contributed by atoms with Crippen molar-refractivity contribution in [1.82, 2.24) is 4.98 Å². The van der Waals surface area contributed by atoms with Crippen LogP contribution in [0.3, 0.4) is 0 Å². The summed E-state index contributed by atoms with van der Waals surface area (Å²) in [6.07, 6.45) is 1.90. The van der Waals surface area contributed by atoms with Crippen molar-refractivity contribution in [1.29, 1.82) is 0 Å². The summed E-state index contributed by atoms with van der Waals surface area (Å²) in [6, 6.07) is 6.35. The van der Waals surface area contributed by atoms with Crippen molar-refractivity contribution in [2.45, 2.75) is 13.0 Å². The number of halogens is 2. The van der Waals surface area contributed by atoms with Crippen molar-refractivity contribution < 1.29 is 0 Å². The first-order valence-corrected chi connectivity index (χ1v) is 7.23. The Bertz CT molecular complexity index is 471. The van der Waals surface area contributed by atoms with Crippen LogP contribution in [0, 0.1) is 0 Å². The van der Waals surface area contributed by atoms with E-state index in [1.165, 1.54) is 4.88 Å². The molecule has 0 saturated carbocycles. The monoisotopic (exact) mass is 360 g/mol. The number of benzene rings is 1. The molecule has 0 aliphatic carbocycles. The topological polar surface area (TPSA) is 24.9 Å². The van der Waals surface area contributed by atoms with Crippen LogP contribution in [0.2, 0.25) is 0 Å². The number of anilines is 1. The lowest BCUT2D eigenvalue weighted by Gasteiger charge is -2.14. The largest absolute Gasteiger partial charge is 0.377 e. The highest BCUT2D eigenvalue weighted by molar-refractivity contribution is 9.11. The maximum atomic E-state index is 4.08. The van der Waals surface area contributed by atoms with Crippen molar-refractivity contribution in [3.63, 3.8) is 0 Å². The molecule has 0 aliphatic heterocycles. The van der Waals surface area contributed by atoms with E-state index in [0.717, 1.165) is 14.6 Å². The van der Waals surface area contributed by atoms with Gasteiger partial charge in [0.15, 0.2) is 0 Å². The lowest BCUT2D eigenvalue weighted by atomic mass is 10.2. The quantitative estimate of drug-likeness (QED) is 0.845. The van der Waals surface area contributed by atoms with Crippen LogP contribution < -0.4 is 5.32 Å². The molecule has 1 atom stereocenters. The van der Waals surface area contributed by atoms with E-state index in [1.54, 1.807) is 11.3 Å². The molecular weight excluding hydrogens is 352 g/mol. The summed E-state index contributed by atoms with van der Waals surface area (Å²) in [5.74, 6) is 0. The van der Waals surface area contributed by atoms with Gasteiger partial charge in [0, 0.05) is 20.0 Å². The smallest absolute Gasteiger partial charge is 0.0795 e. The fraction of sp³-hybridized carbons (Fsp3) is 0.182. The molecule has 84 valence electrons. The highest BCUT2D eigenvalue weighted by Gasteiger charge is 2.08. The number of nitrogens with one attached hydrogen (secondary N) is 1. The Labute approximate surface area is 115 Å². The molecule has 1 N–H and O–H groups in total. The average molecular weight is 362 g/mol. The van der Waals surface area contributed by atoms with Gasteiger partial charge >= 0.3 is 0 Å². The van der Waals surface area contributed by atoms with Gasteiger partial charge in [-0.2, -0.15) is 0 Å². The molecule has 1 unspecified atom stereocenters. The van der Waals surface area contributed by atoms with Gasteiger partial charge in [-0.25, -0.2) is 0 Å². The Morgan fingerprint density at radius 2 is 2.19 bits per heavy atom. The van der Waals surface area contributed by atoms with E-state index in [-0.39, 0.29) is 6.04 Å². The van der Waals surface area contributed by atoms with Crippen molar-refractivity contribution in [2.24, 2.45) is 0 Å². The maximum Gasteiger partial charge on any atom is 0.0795 e. The van der Waals surface area contributed by atoms with E-state index in [0.29, 0.717) is 0 Å². The Morgan fingerprint density at radius 1 is 1.38 bits per heavy atom. The fourth-order valence-corrected chi connectivity index (χ4v) is 2.70. The molecule has 1 aromatic heterocycles. The van der Waals surface area contributed by atoms with Gasteiger partial charge in [-0.3, -0.25) is 4.98 Å². The summed E-state index contributed by atoms with van der Waals surface area (Å²) < 4.78 is 2.13. The lowest BCUT2D eigenvalue weighted by Crippen LogP contribution is -2.05. The van der Waals surface area contributed by atoms with E-state index < -0.39 is 0 Å². The Hall–Kier alpha value is -0.390. The normalized spacial score (nSPS) is 12.4. The fourth-order valence-electron chi connectivity index (χ4n) is 1.35. The van der Waals surface area contributed by atoms with E-state index >= 15 is 0 Å².